The molecule has 1 rings (SSSR count). The molecule has 1 heterocycles. The van der Waals surface area contributed by atoms with E-state index >= 15 is 0 Å². The summed E-state index contributed by atoms with van der Waals surface area (Å²) in [5.41, 5.74) is 9.75. The second kappa shape index (κ2) is 2.65. The summed E-state index contributed by atoms with van der Waals surface area (Å²) in [4.78, 5) is 6.70. The number of halogens is 2. The van der Waals surface area contributed by atoms with E-state index in [0.717, 1.165) is 6.07 Å². The molecule has 60 valence electrons. The lowest BCUT2D eigenvalue weighted by Crippen LogP contribution is -2.02. The number of nitrogens with two attached hydrogens (primary N) is 2. The molecule has 0 saturated carbocycles. The van der Waals surface area contributed by atoms with Crippen LogP contribution in [0.15, 0.2) is 6.07 Å². The number of anilines is 2. The molecule has 0 fully saturated rings. The Bertz CT molecular complexity index is 242. The fourth-order valence-corrected chi connectivity index (χ4v) is 0.617. The molecular formula is C5H6F2N4. The largest absolute Gasteiger partial charge is 0.384 e. The van der Waals surface area contributed by atoms with Gasteiger partial charge in [0, 0.05) is 6.07 Å². The molecular weight excluding hydrogens is 154 g/mol. The summed E-state index contributed by atoms with van der Waals surface area (Å²) in [7, 11) is 0. The molecule has 0 unspecified atom stereocenters. The fraction of sp³-hybridized carbons (Fsp3) is 0.200. The number of hydrogen-bond donors (Lipinski definition) is 2. The summed E-state index contributed by atoms with van der Waals surface area (Å²) in [6.45, 7) is 0. The molecule has 0 saturated heterocycles. The first-order valence-electron chi connectivity index (χ1n) is 2.77. The number of aromatic nitrogens is 2. The lowest BCUT2D eigenvalue weighted by Gasteiger charge is -1.99. The summed E-state index contributed by atoms with van der Waals surface area (Å²) in [5.74, 6) is -0.284. The van der Waals surface area contributed by atoms with Crippen molar-refractivity contribution >= 4 is 11.8 Å². The second-order valence-electron chi connectivity index (χ2n) is 1.88. The molecule has 0 aliphatic heterocycles. The maximum absolute atomic E-state index is 11.9. The smallest absolute Gasteiger partial charge is 0.280 e. The standard InChI is InChI=1S/C5H6F2N4/c6-4(7)2-1-3(8)11-5(9)10-2/h1,4H,(H4,8,9,10,11). The molecule has 0 aromatic carbocycles. The monoisotopic (exact) mass is 160 g/mol. The molecule has 0 amide bonds. The van der Waals surface area contributed by atoms with Crippen molar-refractivity contribution in [2.75, 3.05) is 11.5 Å². The van der Waals surface area contributed by atoms with E-state index in [4.69, 9.17) is 11.5 Å². The Morgan fingerprint density at radius 2 is 1.91 bits per heavy atom. The van der Waals surface area contributed by atoms with Crippen molar-refractivity contribution in [2.24, 2.45) is 0 Å². The SMILES string of the molecule is Nc1cc(C(F)F)nc(N)n1. The van der Waals surface area contributed by atoms with Crippen molar-refractivity contribution in [2.45, 2.75) is 6.43 Å². The van der Waals surface area contributed by atoms with Crippen LogP contribution in [-0.4, -0.2) is 9.97 Å². The molecule has 0 atom stereocenters. The molecule has 0 spiro atoms. The maximum Gasteiger partial charge on any atom is 0.280 e. The molecule has 0 aliphatic rings. The Labute approximate surface area is 61.2 Å². The zero-order chi connectivity index (χ0) is 8.43. The van der Waals surface area contributed by atoms with Gasteiger partial charge in [0.15, 0.2) is 0 Å². The van der Waals surface area contributed by atoms with Gasteiger partial charge < -0.3 is 11.5 Å². The Kier molecular flexibility index (Phi) is 1.84. The predicted octanol–water partition coefficient (Wildman–Crippen LogP) is 0.579. The second-order valence-corrected chi connectivity index (χ2v) is 1.88. The first-order chi connectivity index (χ1) is 5.09. The lowest BCUT2D eigenvalue weighted by molar-refractivity contribution is 0.146. The molecule has 0 radical (unpaired) electrons. The van der Waals surface area contributed by atoms with Crippen LogP contribution < -0.4 is 11.5 Å². The molecule has 4 nitrogen and oxygen atoms in total. The van der Waals surface area contributed by atoms with E-state index in [2.05, 4.69) is 9.97 Å². The molecule has 11 heavy (non-hydrogen) atoms. The van der Waals surface area contributed by atoms with E-state index in [1.807, 2.05) is 0 Å². The third kappa shape index (κ3) is 1.73. The van der Waals surface area contributed by atoms with Crippen molar-refractivity contribution in [1.82, 2.24) is 9.97 Å². The zero-order valence-corrected chi connectivity index (χ0v) is 5.46. The van der Waals surface area contributed by atoms with Crippen molar-refractivity contribution in [3.8, 4) is 0 Å². The summed E-state index contributed by atoms with van der Waals surface area (Å²) < 4.78 is 23.9. The Morgan fingerprint density at radius 3 is 2.36 bits per heavy atom. The average Bonchev–Trinajstić information content (AvgIpc) is 1.85. The zero-order valence-electron chi connectivity index (χ0n) is 5.46. The van der Waals surface area contributed by atoms with Crippen LogP contribution in [0, 0.1) is 0 Å². The third-order valence-electron chi connectivity index (χ3n) is 1.01. The van der Waals surface area contributed by atoms with Gasteiger partial charge >= 0.3 is 0 Å². The minimum atomic E-state index is -2.66. The number of nitrogens with zero attached hydrogens (tertiary/aromatic N) is 2. The minimum absolute atomic E-state index is 0.0483. The third-order valence-corrected chi connectivity index (χ3v) is 1.01. The highest BCUT2D eigenvalue weighted by molar-refractivity contribution is 5.35. The molecule has 1 aromatic heterocycles. The van der Waals surface area contributed by atoms with E-state index in [1.54, 1.807) is 0 Å². The summed E-state index contributed by atoms with van der Waals surface area (Å²) in [5, 5.41) is 0. The quantitative estimate of drug-likeness (QED) is 0.629. The molecule has 0 aliphatic carbocycles. The van der Waals surface area contributed by atoms with Crippen LogP contribution in [0.25, 0.3) is 0 Å². The first kappa shape index (κ1) is 7.64. The normalized spacial score (nSPS) is 10.5. The van der Waals surface area contributed by atoms with E-state index < -0.39 is 12.1 Å². The highest BCUT2D eigenvalue weighted by Crippen LogP contribution is 2.17. The van der Waals surface area contributed by atoms with Crippen LogP contribution in [0.2, 0.25) is 0 Å². The van der Waals surface area contributed by atoms with Crippen LogP contribution in [0.3, 0.4) is 0 Å². The minimum Gasteiger partial charge on any atom is -0.384 e. The van der Waals surface area contributed by atoms with Crippen LogP contribution >= 0.6 is 0 Å². The van der Waals surface area contributed by atoms with Crippen molar-refractivity contribution in [3.63, 3.8) is 0 Å². The highest BCUT2D eigenvalue weighted by Gasteiger charge is 2.10. The van der Waals surface area contributed by atoms with Gasteiger partial charge in [0.25, 0.3) is 6.43 Å². The average molecular weight is 160 g/mol. The van der Waals surface area contributed by atoms with Crippen molar-refractivity contribution < 1.29 is 8.78 Å². The molecule has 4 N–H and O–H groups in total. The summed E-state index contributed by atoms with van der Waals surface area (Å²) in [6, 6.07) is 0.987. The fourth-order valence-electron chi connectivity index (χ4n) is 0.617. The van der Waals surface area contributed by atoms with E-state index in [1.165, 1.54) is 0 Å². The van der Waals surface area contributed by atoms with Gasteiger partial charge in [-0.2, -0.15) is 4.98 Å². The van der Waals surface area contributed by atoms with Gasteiger partial charge in [-0.15, -0.1) is 0 Å². The number of rotatable bonds is 1. The maximum atomic E-state index is 11.9. The molecule has 0 bridgehead atoms. The number of hydrogen-bond acceptors (Lipinski definition) is 4. The van der Waals surface area contributed by atoms with Crippen molar-refractivity contribution in [1.29, 1.82) is 0 Å². The summed E-state index contributed by atoms with van der Waals surface area (Å²) in [6.07, 6.45) is -2.66. The van der Waals surface area contributed by atoms with Gasteiger partial charge in [-0.25, -0.2) is 13.8 Å². The van der Waals surface area contributed by atoms with E-state index in [0.29, 0.717) is 0 Å². The molecule has 6 heteroatoms. The van der Waals surface area contributed by atoms with Gasteiger partial charge in [-0.1, -0.05) is 0 Å². The van der Waals surface area contributed by atoms with Crippen LogP contribution in [-0.2, 0) is 0 Å². The highest BCUT2D eigenvalue weighted by atomic mass is 19.3. The topological polar surface area (TPSA) is 77.8 Å². The Balaban J connectivity index is 3.08. The van der Waals surface area contributed by atoms with E-state index in [9.17, 15) is 8.78 Å². The van der Waals surface area contributed by atoms with Gasteiger partial charge in [-0.3, -0.25) is 0 Å². The number of nitrogen functional groups attached to an aromatic ring is 2. The Morgan fingerprint density at radius 1 is 1.27 bits per heavy atom. The van der Waals surface area contributed by atoms with Crippen LogP contribution in [0.4, 0.5) is 20.5 Å². The van der Waals surface area contributed by atoms with Gasteiger partial charge in [-0.05, 0) is 0 Å². The van der Waals surface area contributed by atoms with Crippen molar-refractivity contribution in [3.05, 3.63) is 11.8 Å². The van der Waals surface area contributed by atoms with Gasteiger partial charge in [0.1, 0.15) is 11.5 Å². The van der Waals surface area contributed by atoms with E-state index in [-0.39, 0.29) is 11.8 Å². The van der Waals surface area contributed by atoms with Crippen LogP contribution in [0.5, 0.6) is 0 Å². The molecule has 1 aromatic rings. The van der Waals surface area contributed by atoms with Gasteiger partial charge in [0.2, 0.25) is 5.95 Å². The van der Waals surface area contributed by atoms with Crippen LogP contribution in [0.1, 0.15) is 12.1 Å². The van der Waals surface area contributed by atoms with Gasteiger partial charge in [0.05, 0.1) is 0 Å². The lowest BCUT2D eigenvalue weighted by atomic mass is 10.4. The Hall–Kier alpha value is -1.46. The predicted molar refractivity (Wildman–Crippen MR) is 35.8 cm³/mol. The number of alkyl halides is 2. The summed E-state index contributed by atoms with van der Waals surface area (Å²) >= 11 is 0. The first-order valence-corrected chi connectivity index (χ1v) is 2.77.